The quantitative estimate of drug-likeness (QED) is 0.685. The summed E-state index contributed by atoms with van der Waals surface area (Å²) in [6.45, 7) is 0.433. The highest BCUT2D eigenvalue weighted by Crippen LogP contribution is 2.20. The maximum absolute atomic E-state index is 12.4. The van der Waals surface area contributed by atoms with Crippen molar-refractivity contribution in [2.24, 2.45) is 0 Å². The van der Waals surface area contributed by atoms with E-state index in [2.05, 4.69) is 15.3 Å². The molecule has 138 valence electrons. The molecule has 0 aliphatic carbocycles. The molecule has 6 nitrogen and oxygen atoms in total. The fraction of sp³-hybridized carbons (Fsp3) is 0.150. The van der Waals surface area contributed by atoms with Crippen LogP contribution in [0.2, 0.25) is 5.02 Å². The molecule has 0 saturated heterocycles. The van der Waals surface area contributed by atoms with Gasteiger partial charge in [0.2, 0.25) is 0 Å². The Kier molecular flexibility index (Phi) is 5.88. The molecule has 0 bridgehead atoms. The minimum atomic E-state index is -0.578. The van der Waals surface area contributed by atoms with E-state index in [-0.39, 0.29) is 11.6 Å². The highest BCUT2D eigenvalue weighted by atomic mass is 35.5. The zero-order valence-electron chi connectivity index (χ0n) is 14.7. The van der Waals surface area contributed by atoms with Crippen molar-refractivity contribution in [3.05, 3.63) is 81.4 Å². The van der Waals surface area contributed by atoms with Crippen LogP contribution in [0.1, 0.15) is 16.1 Å². The van der Waals surface area contributed by atoms with Gasteiger partial charge in [0.15, 0.2) is 0 Å². The van der Waals surface area contributed by atoms with Crippen LogP contribution in [0, 0.1) is 0 Å². The number of carbonyl (C=O) groups is 1. The van der Waals surface area contributed by atoms with E-state index in [1.165, 1.54) is 0 Å². The number of benzene rings is 2. The largest absolute Gasteiger partial charge is 0.497 e. The van der Waals surface area contributed by atoms with Gasteiger partial charge in [-0.05, 0) is 54.4 Å². The predicted octanol–water partition coefficient (Wildman–Crippen LogP) is 3.07. The van der Waals surface area contributed by atoms with Crippen LogP contribution >= 0.6 is 11.6 Å². The summed E-state index contributed by atoms with van der Waals surface area (Å²) in [6.07, 6.45) is 0.656. The Hall–Kier alpha value is -3.12. The van der Waals surface area contributed by atoms with Gasteiger partial charge in [-0.2, -0.15) is 4.98 Å². The number of nitrogens with zero attached hydrogens (tertiary/aromatic N) is 1. The molecular weight excluding hydrogens is 366 g/mol. The van der Waals surface area contributed by atoms with Crippen LogP contribution in [0.25, 0.3) is 11.3 Å². The molecule has 2 aromatic carbocycles. The summed E-state index contributed by atoms with van der Waals surface area (Å²) in [4.78, 5) is 30.6. The predicted molar refractivity (Wildman–Crippen MR) is 104 cm³/mol. The monoisotopic (exact) mass is 383 g/mol. The van der Waals surface area contributed by atoms with Crippen molar-refractivity contribution in [2.75, 3.05) is 13.7 Å². The average Bonchev–Trinajstić information content (AvgIpc) is 2.69. The molecule has 2 N–H and O–H groups in total. The van der Waals surface area contributed by atoms with E-state index >= 15 is 0 Å². The third-order valence-corrected chi connectivity index (χ3v) is 4.24. The van der Waals surface area contributed by atoms with Gasteiger partial charge in [0, 0.05) is 17.1 Å². The zero-order chi connectivity index (χ0) is 19.2. The maximum atomic E-state index is 12.4. The molecule has 0 spiro atoms. The van der Waals surface area contributed by atoms with Crippen LogP contribution in [0.4, 0.5) is 0 Å². The Morgan fingerprint density at radius 1 is 1.15 bits per heavy atom. The fourth-order valence-corrected chi connectivity index (χ4v) is 2.68. The molecule has 7 heteroatoms. The van der Waals surface area contributed by atoms with Crippen molar-refractivity contribution >= 4 is 17.5 Å². The summed E-state index contributed by atoms with van der Waals surface area (Å²) >= 11 is 5.86. The number of rotatable bonds is 6. The van der Waals surface area contributed by atoms with Crippen molar-refractivity contribution in [1.29, 1.82) is 0 Å². The number of H-pyrrole nitrogens is 1. The average molecular weight is 384 g/mol. The highest BCUT2D eigenvalue weighted by Gasteiger charge is 2.10. The SMILES string of the molecule is COc1ccc(-c2cc(C(=O)NCCc3ccc(Cl)cc3)[nH]c(=O)n2)cc1. The van der Waals surface area contributed by atoms with Crippen LogP contribution in [0.5, 0.6) is 5.75 Å². The van der Waals surface area contributed by atoms with Gasteiger partial charge in [0.25, 0.3) is 5.91 Å². The van der Waals surface area contributed by atoms with E-state index in [1.807, 2.05) is 12.1 Å². The summed E-state index contributed by atoms with van der Waals surface area (Å²) in [7, 11) is 1.58. The smallest absolute Gasteiger partial charge is 0.346 e. The number of hydrogen-bond acceptors (Lipinski definition) is 4. The molecule has 1 heterocycles. The van der Waals surface area contributed by atoms with Crippen molar-refractivity contribution in [1.82, 2.24) is 15.3 Å². The molecule has 1 aromatic heterocycles. The second-order valence-electron chi connectivity index (χ2n) is 5.85. The first-order valence-corrected chi connectivity index (χ1v) is 8.71. The van der Waals surface area contributed by atoms with Gasteiger partial charge in [0.05, 0.1) is 12.8 Å². The van der Waals surface area contributed by atoms with Crippen LogP contribution < -0.4 is 15.7 Å². The van der Waals surface area contributed by atoms with Crippen LogP contribution in [-0.2, 0) is 6.42 Å². The Bertz CT molecular complexity index is 983. The summed E-state index contributed by atoms with van der Waals surface area (Å²) in [5, 5.41) is 3.47. The summed E-state index contributed by atoms with van der Waals surface area (Å²) in [6, 6.07) is 16.1. The number of methoxy groups -OCH3 is 1. The highest BCUT2D eigenvalue weighted by molar-refractivity contribution is 6.30. The molecule has 0 saturated carbocycles. The number of aromatic nitrogens is 2. The Balaban J connectivity index is 1.69. The molecule has 0 fully saturated rings. The maximum Gasteiger partial charge on any atom is 0.346 e. The van der Waals surface area contributed by atoms with Gasteiger partial charge >= 0.3 is 5.69 Å². The lowest BCUT2D eigenvalue weighted by Crippen LogP contribution is -2.29. The molecule has 0 unspecified atom stereocenters. The standard InChI is InChI=1S/C20H18ClN3O3/c1-27-16-8-4-14(5-9-16)17-12-18(24-20(26)23-17)19(25)22-11-10-13-2-6-15(21)7-3-13/h2-9,12H,10-11H2,1H3,(H,22,25)(H,23,24,26). The number of carbonyl (C=O) groups excluding carboxylic acids is 1. The number of aromatic amines is 1. The van der Waals surface area contributed by atoms with Crippen molar-refractivity contribution in [3.8, 4) is 17.0 Å². The van der Waals surface area contributed by atoms with Crippen LogP contribution in [-0.4, -0.2) is 29.5 Å². The van der Waals surface area contributed by atoms with E-state index in [9.17, 15) is 9.59 Å². The number of hydrogen-bond donors (Lipinski definition) is 2. The summed E-state index contributed by atoms with van der Waals surface area (Å²) in [5.41, 5.74) is 1.78. The molecule has 3 aromatic rings. The minimum Gasteiger partial charge on any atom is -0.497 e. The molecule has 0 aliphatic rings. The topological polar surface area (TPSA) is 84.1 Å². The third kappa shape index (κ3) is 4.95. The first-order chi connectivity index (χ1) is 13.0. The number of nitrogens with one attached hydrogen (secondary N) is 2. The van der Waals surface area contributed by atoms with Crippen LogP contribution in [0.15, 0.2) is 59.4 Å². The lowest BCUT2D eigenvalue weighted by atomic mass is 10.1. The van der Waals surface area contributed by atoms with Gasteiger partial charge in [-0.1, -0.05) is 23.7 Å². The molecule has 27 heavy (non-hydrogen) atoms. The van der Waals surface area contributed by atoms with Gasteiger partial charge in [0.1, 0.15) is 11.4 Å². The summed E-state index contributed by atoms with van der Waals surface area (Å²) in [5.74, 6) is 0.335. The van der Waals surface area contributed by atoms with Crippen molar-refractivity contribution < 1.29 is 9.53 Å². The van der Waals surface area contributed by atoms with Crippen LogP contribution in [0.3, 0.4) is 0 Å². The second kappa shape index (κ2) is 8.51. The Morgan fingerprint density at radius 3 is 2.52 bits per heavy atom. The van der Waals surface area contributed by atoms with E-state index in [4.69, 9.17) is 16.3 Å². The van der Waals surface area contributed by atoms with Gasteiger partial charge in [-0.25, -0.2) is 4.79 Å². The zero-order valence-corrected chi connectivity index (χ0v) is 15.4. The Labute approximate surface area is 161 Å². The molecule has 3 rings (SSSR count). The van der Waals surface area contributed by atoms with Gasteiger partial charge < -0.3 is 15.0 Å². The fourth-order valence-electron chi connectivity index (χ4n) is 2.56. The molecule has 0 aliphatic heterocycles. The van der Waals surface area contributed by atoms with E-state index in [1.54, 1.807) is 49.6 Å². The summed E-state index contributed by atoms with van der Waals surface area (Å²) < 4.78 is 5.12. The van der Waals surface area contributed by atoms with Gasteiger partial charge in [-0.15, -0.1) is 0 Å². The lowest BCUT2D eigenvalue weighted by Gasteiger charge is -2.07. The van der Waals surface area contributed by atoms with E-state index < -0.39 is 5.69 Å². The van der Waals surface area contributed by atoms with Gasteiger partial charge in [-0.3, -0.25) is 4.79 Å². The molecule has 0 radical (unpaired) electrons. The van der Waals surface area contributed by atoms with E-state index in [0.29, 0.717) is 29.4 Å². The minimum absolute atomic E-state index is 0.164. The number of ether oxygens (including phenoxy) is 1. The Morgan fingerprint density at radius 2 is 1.85 bits per heavy atom. The number of halogens is 1. The molecular formula is C20H18ClN3O3. The molecule has 0 atom stereocenters. The van der Waals surface area contributed by atoms with Crippen molar-refractivity contribution in [3.63, 3.8) is 0 Å². The van der Waals surface area contributed by atoms with E-state index in [0.717, 1.165) is 11.1 Å². The third-order valence-electron chi connectivity index (χ3n) is 3.99. The molecule has 1 amide bonds. The first-order valence-electron chi connectivity index (χ1n) is 8.33. The van der Waals surface area contributed by atoms with Crippen molar-refractivity contribution in [2.45, 2.75) is 6.42 Å². The second-order valence-corrected chi connectivity index (χ2v) is 6.28. The number of amides is 1. The normalized spacial score (nSPS) is 10.4. The first kappa shape index (κ1) is 18.7. The lowest BCUT2D eigenvalue weighted by molar-refractivity contribution is 0.0948.